The van der Waals surface area contributed by atoms with Crippen molar-refractivity contribution in [2.75, 3.05) is 6.61 Å². The second kappa shape index (κ2) is 9.97. The number of rotatable bonds is 8. The average Bonchev–Trinajstić information content (AvgIpc) is 3.15. The van der Waals surface area contributed by atoms with E-state index in [9.17, 15) is 14.0 Å². The molecule has 3 aromatic carbocycles. The molecule has 1 unspecified atom stereocenters. The summed E-state index contributed by atoms with van der Waals surface area (Å²) in [5, 5.41) is 0.121. The van der Waals surface area contributed by atoms with Crippen LogP contribution in [-0.4, -0.2) is 17.4 Å². The number of nitrogens with zero attached hydrogens (tertiary/aromatic N) is 1. The van der Waals surface area contributed by atoms with Crippen LogP contribution < -0.4 is 10.2 Å². The number of hydrogen-bond donors (Lipinski definition) is 0. The van der Waals surface area contributed by atoms with E-state index in [2.05, 4.69) is 6.92 Å². The van der Waals surface area contributed by atoms with Gasteiger partial charge in [-0.3, -0.25) is 9.59 Å². The molecule has 1 amide bonds. The van der Waals surface area contributed by atoms with Crippen molar-refractivity contribution in [3.8, 4) is 5.75 Å². The molecule has 36 heavy (non-hydrogen) atoms. The highest BCUT2D eigenvalue weighted by molar-refractivity contribution is 5.99. The molecule has 0 N–H and O–H groups in total. The Morgan fingerprint density at radius 2 is 1.81 bits per heavy atom. The van der Waals surface area contributed by atoms with Crippen LogP contribution in [0.1, 0.15) is 65.0 Å². The molecule has 0 saturated heterocycles. The molecular formula is C30H28FNO4. The molecule has 0 fully saturated rings. The quantitative estimate of drug-likeness (QED) is 0.265. The molecule has 1 aromatic heterocycles. The van der Waals surface area contributed by atoms with Gasteiger partial charge in [-0.05, 0) is 54.8 Å². The summed E-state index contributed by atoms with van der Waals surface area (Å²) in [5.74, 6) is -0.218. The van der Waals surface area contributed by atoms with Gasteiger partial charge in [0.1, 0.15) is 17.1 Å². The summed E-state index contributed by atoms with van der Waals surface area (Å²) in [6.07, 6.45) is 3.13. The molecule has 5 rings (SSSR count). The van der Waals surface area contributed by atoms with Crippen LogP contribution in [0.15, 0.2) is 75.9 Å². The number of carbonyl (C=O) groups is 1. The van der Waals surface area contributed by atoms with Crippen molar-refractivity contribution < 1.29 is 18.3 Å². The summed E-state index contributed by atoms with van der Waals surface area (Å²) in [6.45, 7) is 5.03. The molecule has 1 aliphatic rings. The molecule has 2 heterocycles. The maximum Gasteiger partial charge on any atom is 0.291 e. The molecule has 0 radical (unpaired) electrons. The van der Waals surface area contributed by atoms with Gasteiger partial charge in [-0.25, -0.2) is 4.39 Å². The molecule has 5 nitrogen and oxygen atoms in total. The zero-order valence-electron chi connectivity index (χ0n) is 20.4. The molecule has 1 atom stereocenters. The summed E-state index contributed by atoms with van der Waals surface area (Å²) >= 11 is 0. The molecule has 0 aliphatic carbocycles. The van der Waals surface area contributed by atoms with Crippen LogP contribution in [-0.2, 0) is 6.54 Å². The molecule has 0 spiro atoms. The van der Waals surface area contributed by atoms with E-state index in [0.29, 0.717) is 18.9 Å². The Morgan fingerprint density at radius 1 is 1.00 bits per heavy atom. The highest BCUT2D eigenvalue weighted by atomic mass is 19.1. The van der Waals surface area contributed by atoms with Crippen LogP contribution in [0.25, 0.3) is 11.0 Å². The van der Waals surface area contributed by atoms with Crippen molar-refractivity contribution in [3.05, 3.63) is 111 Å². The van der Waals surface area contributed by atoms with Crippen molar-refractivity contribution in [2.24, 2.45) is 0 Å². The minimum absolute atomic E-state index is 0.00508. The van der Waals surface area contributed by atoms with E-state index in [1.54, 1.807) is 4.90 Å². The fraction of sp³-hybridized carbons (Fsp3) is 0.267. The van der Waals surface area contributed by atoms with Crippen LogP contribution >= 0.6 is 0 Å². The Balaban J connectivity index is 1.61. The normalized spacial score (nSPS) is 14.9. The lowest BCUT2D eigenvalue weighted by molar-refractivity contribution is 0.0714. The minimum atomic E-state index is -0.683. The van der Waals surface area contributed by atoms with Gasteiger partial charge in [0, 0.05) is 6.54 Å². The first kappa shape index (κ1) is 23.8. The van der Waals surface area contributed by atoms with Gasteiger partial charge in [0.25, 0.3) is 5.91 Å². The number of hydrogen-bond acceptors (Lipinski definition) is 4. The predicted octanol–water partition coefficient (Wildman–Crippen LogP) is 6.55. The van der Waals surface area contributed by atoms with Gasteiger partial charge in [-0.1, -0.05) is 61.7 Å². The Bertz CT molecular complexity index is 1480. The first-order valence-corrected chi connectivity index (χ1v) is 12.3. The van der Waals surface area contributed by atoms with E-state index in [4.69, 9.17) is 9.15 Å². The minimum Gasteiger partial charge on any atom is -0.494 e. The van der Waals surface area contributed by atoms with Crippen LogP contribution in [0.4, 0.5) is 4.39 Å². The van der Waals surface area contributed by atoms with E-state index in [1.807, 2.05) is 55.5 Å². The van der Waals surface area contributed by atoms with E-state index in [0.717, 1.165) is 36.0 Å². The zero-order chi connectivity index (χ0) is 25.2. The van der Waals surface area contributed by atoms with Gasteiger partial charge in [-0.2, -0.15) is 0 Å². The first-order chi connectivity index (χ1) is 17.5. The fourth-order valence-electron chi connectivity index (χ4n) is 4.71. The molecule has 184 valence electrons. The number of amides is 1. The zero-order valence-corrected chi connectivity index (χ0v) is 20.4. The predicted molar refractivity (Wildman–Crippen MR) is 137 cm³/mol. The second-order valence-corrected chi connectivity index (χ2v) is 9.26. The number of aryl methyl sites for hydroxylation is 1. The number of fused-ring (bicyclic) bond motifs is 2. The topological polar surface area (TPSA) is 59.8 Å². The van der Waals surface area contributed by atoms with E-state index >= 15 is 0 Å². The van der Waals surface area contributed by atoms with Gasteiger partial charge in [0.2, 0.25) is 5.76 Å². The Morgan fingerprint density at radius 3 is 2.58 bits per heavy atom. The molecule has 0 saturated carbocycles. The maximum atomic E-state index is 14.0. The number of ether oxygens (including phenoxy) is 1. The SMILES string of the molecule is CCCCCOc1cccc(C2c3c(oc4ccc(F)cc4c3=O)C(=O)N2Cc2ccc(C)cc2)c1. The van der Waals surface area contributed by atoms with Crippen LogP contribution in [0, 0.1) is 12.7 Å². The van der Waals surface area contributed by atoms with Crippen molar-refractivity contribution in [2.45, 2.75) is 45.7 Å². The lowest BCUT2D eigenvalue weighted by Gasteiger charge is -2.25. The molecule has 6 heteroatoms. The third-order valence-corrected chi connectivity index (χ3v) is 6.59. The first-order valence-electron chi connectivity index (χ1n) is 12.3. The van der Waals surface area contributed by atoms with Crippen LogP contribution in [0.5, 0.6) is 5.75 Å². The molecule has 4 aromatic rings. The third kappa shape index (κ3) is 4.51. The van der Waals surface area contributed by atoms with Crippen LogP contribution in [0.3, 0.4) is 0 Å². The lowest BCUT2D eigenvalue weighted by Crippen LogP contribution is -2.29. The number of benzene rings is 3. The number of unbranched alkanes of at least 4 members (excludes halogenated alkanes) is 2. The monoisotopic (exact) mass is 485 g/mol. The van der Waals surface area contributed by atoms with Gasteiger partial charge in [0.15, 0.2) is 5.43 Å². The summed E-state index contributed by atoms with van der Waals surface area (Å²) in [6, 6.07) is 18.5. The van der Waals surface area contributed by atoms with Gasteiger partial charge in [0.05, 0.1) is 23.6 Å². The van der Waals surface area contributed by atoms with Crippen molar-refractivity contribution in [3.63, 3.8) is 0 Å². The summed E-state index contributed by atoms with van der Waals surface area (Å²) < 4.78 is 25.9. The summed E-state index contributed by atoms with van der Waals surface area (Å²) in [5.41, 5.74) is 2.81. The second-order valence-electron chi connectivity index (χ2n) is 9.26. The highest BCUT2D eigenvalue weighted by Gasteiger charge is 2.42. The Hall–Kier alpha value is -3.93. The fourth-order valence-corrected chi connectivity index (χ4v) is 4.71. The number of carbonyl (C=O) groups excluding carboxylic acids is 1. The van der Waals surface area contributed by atoms with E-state index in [-0.39, 0.29) is 28.2 Å². The maximum absolute atomic E-state index is 14.0. The standard InChI is InChI=1S/C30H28FNO4/c1-3-4-5-15-35-23-8-6-7-21(16-23)27-26-28(33)24-17-22(31)13-14-25(24)36-29(26)30(34)32(27)18-20-11-9-19(2)10-12-20/h6-14,16-17,27H,3-5,15,18H2,1-2H3. The molecule has 1 aliphatic heterocycles. The summed E-state index contributed by atoms with van der Waals surface area (Å²) in [7, 11) is 0. The van der Waals surface area contributed by atoms with E-state index < -0.39 is 17.3 Å². The van der Waals surface area contributed by atoms with Crippen LogP contribution in [0.2, 0.25) is 0 Å². The van der Waals surface area contributed by atoms with E-state index in [1.165, 1.54) is 18.2 Å². The number of halogens is 1. The lowest BCUT2D eigenvalue weighted by atomic mass is 9.98. The third-order valence-electron chi connectivity index (χ3n) is 6.59. The van der Waals surface area contributed by atoms with Gasteiger partial charge in [-0.15, -0.1) is 0 Å². The van der Waals surface area contributed by atoms with Crippen molar-refractivity contribution in [1.29, 1.82) is 0 Å². The smallest absolute Gasteiger partial charge is 0.291 e. The van der Waals surface area contributed by atoms with Crippen molar-refractivity contribution in [1.82, 2.24) is 4.90 Å². The van der Waals surface area contributed by atoms with Gasteiger partial charge < -0.3 is 14.1 Å². The average molecular weight is 486 g/mol. The molecular weight excluding hydrogens is 457 g/mol. The highest BCUT2D eigenvalue weighted by Crippen LogP contribution is 2.40. The Kier molecular flexibility index (Phi) is 6.59. The summed E-state index contributed by atoms with van der Waals surface area (Å²) in [4.78, 5) is 28.9. The Labute approximate surface area is 209 Å². The largest absolute Gasteiger partial charge is 0.494 e. The van der Waals surface area contributed by atoms with Gasteiger partial charge >= 0.3 is 0 Å². The van der Waals surface area contributed by atoms with Crippen molar-refractivity contribution >= 4 is 16.9 Å². The molecule has 0 bridgehead atoms.